The van der Waals surface area contributed by atoms with Crippen LogP contribution in [0.5, 0.6) is 0 Å². The van der Waals surface area contributed by atoms with Crippen LogP contribution < -0.4 is 0 Å². The van der Waals surface area contributed by atoms with Crippen molar-refractivity contribution in [2.75, 3.05) is 13.7 Å². The Kier molecular flexibility index (Phi) is 3.65. The van der Waals surface area contributed by atoms with Crippen molar-refractivity contribution < 1.29 is 14.6 Å². The van der Waals surface area contributed by atoms with Crippen LogP contribution in [0.4, 0.5) is 0 Å². The van der Waals surface area contributed by atoms with Crippen molar-refractivity contribution in [1.29, 1.82) is 0 Å². The Morgan fingerprint density at radius 3 is 2.60 bits per heavy atom. The zero-order valence-corrected chi connectivity index (χ0v) is 9.69. The van der Waals surface area contributed by atoms with Gasteiger partial charge in [0.2, 0.25) is 0 Å². The quantitative estimate of drug-likeness (QED) is 0.775. The first-order valence-corrected chi connectivity index (χ1v) is 6.06. The molecular formula is C12H22O3. The molecule has 1 saturated carbocycles. The zero-order chi connectivity index (χ0) is 10.8. The second-order valence-corrected chi connectivity index (χ2v) is 4.99. The van der Waals surface area contributed by atoms with Crippen molar-refractivity contribution in [3.63, 3.8) is 0 Å². The van der Waals surface area contributed by atoms with Gasteiger partial charge in [-0.25, -0.2) is 0 Å². The van der Waals surface area contributed by atoms with Gasteiger partial charge in [-0.3, -0.25) is 0 Å². The van der Waals surface area contributed by atoms with Crippen LogP contribution in [0.25, 0.3) is 0 Å². The predicted molar refractivity (Wildman–Crippen MR) is 57.7 cm³/mol. The van der Waals surface area contributed by atoms with Gasteiger partial charge in [-0.1, -0.05) is 19.8 Å². The van der Waals surface area contributed by atoms with Crippen molar-refractivity contribution in [2.45, 2.75) is 50.9 Å². The molecule has 2 aliphatic rings. The second-order valence-electron chi connectivity index (χ2n) is 4.99. The van der Waals surface area contributed by atoms with Crippen molar-refractivity contribution in [2.24, 2.45) is 11.8 Å². The maximum Gasteiger partial charge on any atom is 0.0870 e. The van der Waals surface area contributed by atoms with Gasteiger partial charge in [0, 0.05) is 13.0 Å². The molecule has 1 aliphatic heterocycles. The topological polar surface area (TPSA) is 38.7 Å². The Hall–Kier alpha value is -0.120. The first kappa shape index (κ1) is 11.4. The number of aliphatic hydroxyl groups is 1. The summed E-state index contributed by atoms with van der Waals surface area (Å²) in [4.78, 5) is 0. The molecule has 1 saturated heterocycles. The van der Waals surface area contributed by atoms with E-state index < -0.39 is 0 Å². The molecule has 1 heterocycles. The predicted octanol–water partition coefficient (Wildman–Crippen LogP) is 1.59. The molecule has 0 spiro atoms. The first-order valence-electron chi connectivity index (χ1n) is 6.06. The smallest absolute Gasteiger partial charge is 0.0870 e. The van der Waals surface area contributed by atoms with Crippen LogP contribution in [0.3, 0.4) is 0 Å². The molecule has 2 fully saturated rings. The van der Waals surface area contributed by atoms with Gasteiger partial charge in [-0.15, -0.1) is 0 Å². The summed E-state index contributed by atoms with van der Waals surface area (Å²) in [6.07, 6.45) is 4.86. The normalized spacial score (nSPS) is 42.6. The molecule has 1 aliphatic carbocycles. The largest absolute Gasteiger partial charge is 0.390 e. The minimum Gasteiger partial charge on any atom is -0.390 e. The molecule has 1 N–H and O–H groups in total. The average Bonchev–Trinajstić information content (AvgIpc) is 2.82. The van der Waals surface area contributed by atoms with Gasteiger partial charge in [0.1, 0.15) is 0 Å². The van der Waals surface area contributed by atoms with Gasteiger partial charge >= 0.3 is 0 Å². The van der Waals surface area contributed by atoms with E-state index in [0.717, 1.165) is 0 Å². The minimum atomic E-state index is -0.298. The summed E-state index contributed by atoms with van der Waals surface area (Å²) in [6, 6.07) is 0. The highest BCUT2D eigenvalue weighted by Gasteiger charge is 2.44. The number of rotatable bonds is 3. The number of methoxy groups -OCH3 is 1. The van der Waals surface area contributed by atoms with Crippen LogP contribution in [0.1, 0.15) is 32.6 Å². The van der Waals surface area contributed by atoms with Crippen LogP contribution >= 0.6 is 0 Å². The molecule has 2 unspecified atom stereocenters. The summed E-state index contributed by atoms with van der Waals surface area (Å²) in [5.74, 6) is 0.778. The number of ether oxygens (including phenoxy) is 2. The standard InChI is InChI=1S/C12H22O3/c1-8-10(7-14-2)15-12(11(8)13)9-5-3-4-6-9/h8-13H,3-7H2,1-2H3/t8?,10-,11?,12+/m1/s1. The number of hydrogen-bond donors (Lipinski definition) is 1. The van der Waals surface area contributed by atoms with Gasteiger partial charge in [0.25, 0.3) is 0 Å². The highest BCUT2D eigenvalue weighted by Crippen LogP contribution is 2.38. The van der Waals surface area contributed by atoms with Gasteiger partial charge in [-0.2, -0.15) is 0 Å². The van der Waals surface area contributed by atoms with Crippen molar-refractivity contribution >= 4 is 0 Å². The fourth-order valence-corrected chi connectivity index (χ4v) is 2.96. The van der Waals surface area contributed by atoms with E-state index in [1.54, 1.807) is 7.11 Å². The first-order chi connectivity index (χ1) is 7.24. The average molecular weight is 214 g/mol. The molecule has 0 bridgehead atoms. The minimum absolute atomic E-state index is 0.0580. The summed E-state index contributed by atoms with van der Waals surface area (Å²) in [6.45, 7) is 2.66. The third-order valence-corrected chi connectivity index (χ3v) is 3.99. The van der Waals surface area contributed by atoms with E-state index in [1.807, 2.05) is 0 Å². The van der Waals surface area contributed by atoms with Crippen molar-refractivity contribution in [3.8, 4) is 0 Å². The lowest BCUT2D eigenvalue weighted by molar-refractivity contribution is -0.0453. The van der Waals surface area contributed by atoms with Crippen LogP contribution in [0.15, 0.2) is 0 Å². The van der Waals surface area contributed by atoms with E-state index in [-0.39, 0.29) is 24.2 Å². The zero-order valence-electron chi connectivity index (χ0n) is 9.69. The lowest BCUT2D eigenvalue weighted by Crippen LogP contribution is -2.31. The maximum absolute atomic E-state index is 10.1. The lowest BCUT2D eigenvalue weighted by Gasteiger charge is -2.21. The fraction of sp³-hybridized carbons (Fsp3) is 1.00. The van der Waals surface area contributed by atoms with E-state index in [9.17, 15) is 5.11 Å². The van der Waals surface area contributed by atoms with Gasteiger partial charge in [0.05, 0.1) is 24.9 Å². The molecule has 3 nitrogen and oxygen atoms in total. The third-order valence-electron chi connectivity index (χ3n) is 3.99. The van der Waals surface area contributed by atoms with Gasteiger partial charge < -0.3 is 14.6 Å². The van der Waals surface area contributed by atoms with Crippen LogP contribution in [-0.2, 0) is 9.47 Å². The lowest BCUT2D eigenvalue weighted by atomic mass is 9.91. The summed E-state index contributed by atoms with van der Waals surface area (Å²) < 4.78 is 11.1. The highest BCUT2D eigenvalue weighted by molar-refractivity contribution is 4.92. The molecule has 0 aromatic heterocycles. The number of aliphatic hydroxyl groups excluding tert-OH is 1. The monoisotopic (exact) mass is 214 g/mol. The molecule has 0 amide bonds. The Bertz CT molecular complexity index is 201. The third kappa shape index (κ3) is 2.19. The SMILES string of the molecule is COC[C@H]1O[C@@H](C2CCCC2)C(O)C1C. The van der Waals surface area contributed by atoms with Crippen molar-refractivity contribution in [3.05, 3.63) is 0 Å². The van der Waals surface area contributed by atoms with E-state index >= 15 is 0 Å². The summed E-state index contributed by atoms with van der Waals surface area (Å²) in [5.41, 5.74) is 0. The Morgan fingerprint density at radius 1 is 1.33 bits per heavy atom. The number of hydrogen-bond acceptors (Lipinski definition) is 3. The highest BCUT2D eigenvalue weighted by atomic mass is 16.6. The molecular weight excluding hydrogens is 192 g/mol. The summed E-state index contributed by atoms with van der Waals surface area (Å²) in [7, 11) is 1.69. The second kappa shape index (κ2) is 4.81. The van der Waals surface area contributed by atoms with Crippen LogP contribution in [0.2, 0.25) is 0 Å². The molecule has 0 radical (unpaired) electrons. The van der Waals surface area contributed by atoms with Crippen LogP contribution in [0, 0.1) is 11.8 Å². The molecule has 4 atom stereocenters. The summed E-state index contributed by atoms with van der Waals surface area (Å²) in [5, 5.41) is 10.1. The molecule has 2 rings (SSSR count). The molecule has 15 heavy (non-hydrogen) atoms. The molecule has 0 aromatic carbocycles. The molecule has 3 heteroatoms. The fourth-order valence-electron chi connectivity index (χ4n) is 2.96. The Balaban J connectivity index is 1.96. The molecule has 0 aromatic rings. The van der Waals surface area contributed by atoms with Gasteiger partial charge in [0.15, 0.2) is 0 Å². The van der Waals surface area contributed by atoms with E-state index in [0.29, 0.717) is 12.5 Å². The summed E-state index contributed by atoms with van der Waals surface area (Å²) >= 11 is 0. The Labute approximate surface area is 91.8 Å². The Morgan fingerprint density at radius 2 is 2.00 bits per heavy atom. The van der Waals surface area contributed by atoms with Crippen molar-refractivity contribution in [1.82, 2.24) is 0 Å². The maximum atomic E-state index is 10.1. The van der Waals surface area contributed by atoms with E-state index in [1.165, 1.54) is 25.7 Å². The van der Waals surface area contributed by atoms with Gasteiger partial charge in [-0.05, 0) is 18.8 Å². The van der Waals surface area contributed by atoms with E-state index in [2.05, 4.69) is 6.92 Å². The van der Waals surface area contributed by atoms with Crippen LogP contribution in [-0.4, -0.2) is 37.1 Å². The molecule has 88 valence electrons. The van der Waals surface area contributed by atoms with E-state index in [4.69, 9.17) is 9.47 Å².